The number of rotatable bonds is 5. The van der Waals surface area contributed by atoms with E-state index in [1.165, 1.54) is 17.9 Å². The summed E-state index contributed by atoms with van der Waals surface area (Å²) in [6.45, 7) is -1.49. The summed E-state index contributed by atoms with van der Waals surface area (Å²) in [5.41, 5.74) is 1.01. The number of hydrogen-bond donors (Lipinski definition) is 1. The smallest absolute Gasteiger partial charge is 0.387 e. The fourth-order valence-corrected chi connectivity index (χ4v) is 2.83. The van der Waals surface area contributed by atoms with Crippen molar-refractivity contribution in [1.82, 2.24) is 5.32 Å². The van der Waals surface area contributed by atoms with E-state index in [2.05, 4.69) is 10.1 Å². The molecule has 0 saturated carbocycles. The van der Waals surface area contributed by atoms with Gasteiger partial charge in [0, 0.05) is 19.0 Å². The molecule has 3 rings (SSSR count). The summed E-state index contributed by atoms with van der Waals surface area (Å²) in [5.74, 6) is -0.240. The first-order valence-corrected chi connectivity index (χ1v) is 8.30. The number of para-hydroxylation sites is 3. The van der Waals surface area contributed by atoms with E-state index in [1.807, 2.05) is 0 Å². The van der Waals surface area contributed by atoms with Gasteiger partial charge in [-0.25, -0.2) is 0 Å². The summed E-state index contributed by atoms with van der Waals surface area (Å²) in [6, 6.07) is 13.1. The first-order chi connectivity index (χ1) is 13.0. The Morgan fingerprint density at radius 1 is 1.22 bits per heavy atom. The Kier molecular flexibility index (Phi) is 5.54. The van der Waals surface area contributed by atoms with Gasteiger partial charge in [-0.05, 0) is 18.2 Å². The molecule has 6 nitrogen and oxygen atoms in total. The quantitative estimate of drug-likeness (QED) is 0.871. The number of carbonyl (C=O) groups is 2. The Balaban J connectivity index is 1.70. The van der Waals surface area contributed by atoms with Crippen molar-refractivity contribution in [3.8, 4) is 11.5 Å². The maximum atomic E-state index is 12.5. The summed E-state index contributed by atoms with van der Waals surface area (Å²) in [5, 5.41) is 2.65. The lowest BCUT2D eigenvalue weighted by molar-refractivity contribution is -0.128. The Morgan fingerprint density at radius 2 is 1.93 bits per heavy atom. The van der Waals surface area contributed by atoms with Crippen molar-refractivity contribution in [3.05, 3.63) is 54.1 Å². The lowest BCUT2D eigenvalue weighted by atomic mass is 10.1. The fraction of sp³-hybridized carbons (Fsp3) is 0.263. The van der Waals surface area contributed by atoms with Crippen LogP contribution in [0.3, 0.4) is 0 Å². The van der Waals surface area contributed by atoms with Gasteiger partial charge in [0.15, 0.2) is 6.10 Å². The highest BCUT2D eigenvalue weighted by molar-refractivity contribution is 5.95. The van der Waals surface area contributed by atoms with Crippen LogP contribution in [0.5, 0.6) is 11.5 Å². The van der Waals surface area contributed by atoms with Crippen LogP contribution in [-0.2, 0) is 16.1 Å². The minimum atomic E-state index is -2.95. The third kappa shape index (κ3) is 4.33. The molecule has 27 heavy (non-hydrogen) atoms. The number of nitrogens with zero attached hydrogens (tertiary/aromatic N) is 1. The van der Waals surface area contributed by atoms with Crippen molar-refractivity contribution in [3.63, 3.8) is 0 Å². The van der Waals surface area contributed by atoms with Gasteiger partial charge in [0.1, 0.15) is 11.5 Å². The number of halogens is 2. The molecule has 0 spiro atoms. The fourth-order valence-electron chi connectivity index (χ4n) is 2.83. The van der Waals surface area contributed by atoms with Gasteiger partial charge in [-0.2, -0.15) is 8.78 Å². The second kappa shape index (κ2) is 8.03. The van der Waals surface area contributed by atoms with Crippen LogP contribution in [0.4, 0.5) is 14.5 Å². The van der Waals surface area contributed by atoms with E-state index < -0.39 is 18.6 Å². The van der Waals surface area contributed by atoms with E-state index in [0.29, 0.717) is 17.0 Å². The molecule has 0 aromatic heterocycles. The lowest BCUT2D eigenvalue weighted by Crippen LogP contribution is -2.50. The molecular formula is C19H18F2N2O4. The number of anilines is 1. The molecule has 0 radical (unpaired) electrons. The summed E-state index contributed by atoms with van der Waals surface area (Å²) < 4.78 is 35.1. The predicted octanol–water partition coefficient (Wildman–Crippen LogP) is 2.72. The van der Waals surface area contributed by atoms with E-state index >= 15 is 0 Å². The van der Waals surface area contributed by atoms with Crippen molar-refractivity contribution < 1.29 is 27.8 Å². The van der Waals surface area contributed by atoms with Crippen molar-refractivity contribution in [2.45, 2.75) is 26.2 Å². The highest BCUT2D eigenvalue weighted by Gasteiger charge is 2.32. The maximum absolute atomic E-state index is 12.5. The Bertz CT molecular complexity index is 844. The summed E-state index contributed by atoms with van der Waals surface area (Å²) >= 11 is 0. The molecule has 2 amide bonds. The van der Waals surface area contributed by atoms with Crippen molar-refractivity contribution in [2.75, 3.05) is 11.4 Å². The average molecular weight is 376 g/mol. The number of benzene rings is 2. The number of fused-ring (bicyclic) bond motifs is 1. The third-order valence-electron chi connectivity index (χ3n) is 4.09. The van der Waals surface area contributed by atoms with Crippen LogP contribution in [0, 0.1) is 0 Å². The van der Waals surface area contributed by atoms with Gasteiger partial charge in [0.05, 0.1) is 12.2 Å². The minimum absolute atomic E-state index is 0.00642. The Morgan fingerprint density at radius 3 is 2.67 bits per heavy atom. The normalized spacial score (nSPS) is 15.7. The summed E-state index contributed by atoms with van der Waals surface area (Å²) in [6.07, 6.45) is -0.910. The number of ether oxygens (including phenoxy) is 2. The number of nitrogens with one attached hydrogen (secondary N) is 1. The van der Waals surface area contributed by atoms with Crippen LogP contribution in [0.2, 0.25) is 0 Å². The van der Waals surface area contributed by atoms with E-state index in [9.17, 15) is 18.4 Å². The molecule has 0 aliphatic carbocycles. The molecule has 0 bridgehead atoms. The van der Waals surface area contributed by atoms with E-state index in [0.717, 1.165) is 0 Å². The summed E-state index contributed by atoms with van der Waals surface area (Å²) in [7, 11) is 0. The topological polar surface area (TPSA) is 67.9 Å². The third-order valence-corrected chi connectivity index (χ3v) is 4.09. The molecule has 1 unspecified atom stereocenters. The van der Waals surface area contributed by atoms with E-state index in [4.69, 9.17) is 4.74 Å². The molecule has 0 fully saturated rings. The standard InChI is InChI=1S/C19H18F2N2O4/c1-12(24)23-11-17(26-16-9-5-3-7-14(16)23)18(25)22-10-13-6-2-4-8-15(13)27-19(20)21/h2-9,17,19H,10-11H2,1H3,(H,22,25). The number of carbonyl (C=O) groups excluding carboxylic acids is 2. The number of hydrogen-bond acceptors (Lipinski definition) is 4. The molecule has 0 saturated heterocycles. The largest absolute Gasteiger partial charge is 0.477 e. The number of alkyl halides is 2. The Labute approximate surface area is 154 Å². The molecule has 8 heteroatoms. The second-order valence-corrected chi connectivity index (χ2v) is 5.91. The van der Waals surface area contributed by atoms with Crippen LogP contribution < -0.4 is 19.7 Å². The van der Waals surface area contributed by atoms with Gasteiger partial charge in [-0.15, -0.1) is 0 Å². The van der Waals surface area contributed by atoms with Crippen LogP contribution in [0.15, 0.2) is 48.5 Å². The molecule has 1 aliphatic heterocycles. The van der Waals surface area contributed by atoms with Crippen LogP contribution in [-0.4, -0.2) is 31.1 Å². The van der Waals surface area contributed by atoms with Crippen LogP contribution in [0.25, 0.3) is 0 Å². The van der Waals surface area contributed by atoms with Gasteiger partial charge >= 0.3 is 6.61 Å². The van der Waals surface area contributed by atoms with Crippen molar-refractivity contribution >= 4 is 17.5 Å². The molecular weight excluding hydrogens is 358 g/mol. The molecule has 1 aliphatic rings. The number of amides is 2. The van der Waals surface area contributed by atoms with Gasteiger partial charge < -0.3 is 19.7 Å². The SMILES string of the molecule is CC(=O)N1CC(C(=O)NCc2ccccc2OC(F)F)Oc2ccccc21. The molecule has 1 N–H and O–H groups in total. The zero-order valence-corrected chi connectivity index (χ0v) is 14.5. The molecule has 2 aromatic rings. The predicted molar refractivity (Wildman–Crippen MR) is 93.8 cm³/mol. The molecule has 2 aromatic carbocycles. The second-order valence-electron chi connectivity index (χ2n) is 5.91. The molecule has 142 valence electrons. The Hall–Kier alpha value is -3.16. The highest BCUT2D eigenvalue weighted by atomic mass is 19.3. The maximum Gasteiger partial charge on any atom is 0.387 e. The van der Waals surface area contributed by atoms with Gasteiger partial charge in [-0.3, -0.25) is 9.59 Å². The monoisotopic (exact) mass is 376 g/mol. The van der Waals surface area contributed by atoms with Crippen LogP contribution >= 0.6 is 0 Å². The lowest BCUT2D eigenvalue weighted by Gasteiger charge is -2.33. The van der Waals surface area contributed by atoms with Gasteiger partial charge in [0.2, 0.25) is 5.91 Å². The molecule has 1 heterocycles. The highest BCUT2D eigenvalue weighted by Crippen LogP contribution is 2.33. The van der Waals surface area contributed by atoms with E-state index in [-0.39, 0.29) is 24.7 Å². The van der Waals surface area contributed by atoms with E-state index in [1.54, 1.807) is 42.5 Å². The summed E-state index contributed by atoms with van der Waals surface area (Å²) in [4.78, 5) is 25.9. The zero-order valence-electron chi connectivity index (χ0n) is 14.5. The first kappa shape index (κ1) is 18.6. The van der Waals surface area contributed by atoms with Crippen molar-refractivity contribution in [1.29, 1.82) is 0 Å². The molecule has 1 atom stereocenters. The minimum Gasteiger partial charge on any atom is -0.477 e. The average Bonchev–Trinajstić information content (AvgIpc) is 2.65. The van der Waals surface area contributed by atoms with Crippen LogP contribution in [0.1, 0.15) is 12.5 Å². The van der Waals surface area contributed by atoms with Crippen molar-refractivity contribution in [2.24, 2.45) is 0 Å². The van der Waals surface area contributed by atoms with Gasteiger partial charge in [-0.1, -0.05) is 30.3 Å². The van der Waals surface area contributed by atoms with Gasteiger partial charge in [0.25, 0.3) is 5.91 Å². The first-order valence-electron chi connectivity index (χ1n) is 8.30. The zero-order chi connectivity index (χ0) is 19.4.